The Bertz CT molecular complexity index is 217. The third-order valence-electron chi connectivity index (χ3n) is 2.80. The zero-order valence-electron chi connectivity index (χ0n) is 10.2. The van der Waals surface area contributed by atoms with E-state index in [0.29, 0.717) is 0 Å². The molecular weight excluding hydrogens is 206 g/mol. The number of carbonyl (C=O) groups excluding carboxylic acids is 1. The van der Waals surface area contributed by atoms with Crippen molar-refractivity contribution in [1.82, 2.24) is 10.2 Å². The topological polar surface area (TPSA) is 67.6 Å². The number of likely N-dealkylation sites (tertiary alicyclic amines) is 1. The summed E-state index contributed by atoms with van der Waals surface area (Å²) in [5, 5.41) is 2.91. The first-order valence-corrected chi connectivity index (χ1v) is 5.90. The van der Waals surface area contributed by atoms with Gasteiger partial charge in [0.25, 0.3) is 0 Å². The van der Waals surface area contributed by atoms with Crippen LogP contribution in [0.25, 0.3) is 0 Å². The highest BCUT2D eigenvalue weighted by molar-refractivity contribution is 5.81. The van der Waals surface area contributed by atoms with E-state index < -0.39 is 6.04 Å². The van der Waals surface area contributed by atoms with Gasteiger partial charge in [-0.2, -0.15) is 0 Å². The molecule has 94 valence electrons. The third-order valence-corrected chi connectivity index (χ3v) is 2.80. The number of hydrogen-bond donors (Lipinski definition) is 2. The van der Waals surface area contributed by atoms with Crippen molar-refractivity contribution in [2.45, 2.75) is 31.8 Å². The Morgan fingerprint density at radius 2 is 2.12 bits per heavy atom. The minimum Gasteiger partial charge on any atom is -0.383 e. The molecule has 3 N–H and O–H groups in total. The van der Waals surface area contributed by atoms with E-state index in [1.54, 1.807) is 7.11 Å². The minimum absolute atomic E-state index is 0.131. The number of hydrogen-bond acceptors (Lipinski definition) is 4. The highest BCUT2D eigenvalue weighted by Crippen LogP contribution is 2.07. The summed E-state index contributed by atoms with van der Waals surface area (Å²) in [6, 6.07) is -0.417. The number of ether oxygens (including phenoxy) is 1. The fourth-order valence-electron chi connectivity index (χ4n) is 2.00. The summed E-state index contributed by atoms with van der Waals surface area (Å²) in [6.45, 7) is 5.47. The Morgan fingerprint density at radius 3 is 2.69 bits per heavy atom. The molecule has 5 nitrogen and oxygen atoms in total. The predicted molar refractivity (Wildman–Crippen MR) is 63.1 cm³/mol. The van der Waals surface area contributed by atoms with Gasteiger partial charge in [-0.15, -0.1) is 0 Å². The van der Waals surface area contributed by atoms with Gasteiger partial charge in [0.2, 0.25) is 5.91 Å². The first-order valence-electron chi connectivity index (χ1n) is 5.90. The molecule has 0 aromatic heterocycles. The maximum absolute atomic E-state index is 11.6. The first-order chi connectivity index (χ1) is 7.63. The van der Waals surface area contributed by atoms with E-state index in [1.165, 1.54) is 12.8 Å². The molecule has 1 heterocycles. The Kier molecular flexibility index (Phi) is 5.73. The second-order valence-corrected chi connectivity index (χ2v) is 4.48. The first kappa shape index (κ1) is 13.4. The van der Waals surface area contributed by atoms with Gasteiger partial charge in [-0.1, -0.05) is 0 Å². The molecule has 0 aromatic carbocycles. The van der Waals surface area contributed by atoms with Crippen LogP contribution < -0.4 is 11.1 Å². The van der Waals surface area contributed by atoms with Crippen LogP contribution in [0, 0.1) is 0 Å². The minimum atomic E-state index is -0.564. The van der Waals surface area contributed by atoms with Crippen molar-refractivity contribution in [3.8, 4) is 0 Å². The smallest absolute Gasteiger partial charge is 0.239 e. The van der Waals surface area contributed by atoms with Crippen LogP contribution in [-0.2, 0) is 9.53 Å². The predicted octanol–water partition coefficient (Wildman–Crippen LogP) is -0.439. The lowest BCUT2D eigenvalue weighted by molar-refractivity contribution is -0.124. The summed E-state index contributed by atoms with van der Waals surface area (Å²) in [6.07, 6.45) is 2.54. The molecule has 0 radical (unpaired) electrons. The zero-order chi connectivity index (χ0) is 12.0. The third kappa shape index (κ3) is 4.47. The fraction of sp³-hybridized carbons (Fsp3) is 0.909. The van der Waals surface area contributed by atoms with E-state index in [4.69, 9.17) is 10.5 Å². The molecule has 2 unspecified atom stereocenters. The van der Waals surface area contributed by atoms with Gasteiger partial charge in [0, 0.05) is 19.7 Å². The molecule has 1 aliphatic heterocycles. The summed E-state index contributed by atoms with van der Waals surface area (Å²) in [4.78, 5) is 14.0. The molecule has 1 rings (SSSR count). The second-order valence-electron chi connectivity index (χ2n) is 4.48. The molecule has 0 aromatic rings. The van der Waals surface area contributed by atoms with Crippen LogP contribution in [0.3, 0.4) is 0 Å². The van der Waals surface area contributed by atoms with E-state index in [-0.39, 0.29) is 18.6 Å². The van der Waals surface area contributed by atoms with Gasteiger partial charge >= 0.3 is 0 Å². The average Bonchev–Trinajstić information content (AvgIpc) is 2.70. The molecule has 2 atom stereocenters. The standard InChI is InChI=1S/C11H23N3O2/c1-9(7-14-5-3-4-6-14)13-11(15)10(12)8-16-2/h9-10H,3-8,12H2,1-2H3,(H,13,15). The van der Waals surface area contributed by atoms with Gasteiger partial charge in [0.1, 0.15) is 6.04 Å². The van der Waals surface area contributed by atoms with Crippen molar-refractivity contribution in [2.24, 2.45) is 5.73 Å². The lowest BCUT2D eigenvalue weighted by Gasteiger charge is -2.22. The SMILES string of the molecule is COCC(N)C(=O)NC(C)CN1CCCC1. The molecule has 0 saturated carbocycles. The van der Waals surface area contributed by atoms with E-state index in [1.807, 2.05) is 6.92 Å². The molecule has 16 heavy (non-hydrogen) atoms. The number of methoxy groups -OCH3 is 1. The number of rotatable bonds is 6. The molecular formula is C11H23N3O2. The molecule has 1 aliphatic rings. The van der Waals surface area contributed by atoms with Gasteiger partial charge in [-0.25, -0.2) is 0 Å². The van der Waals surface area contributed by atoms with Crippen LogP contribution in [0.4, 0.5) is 0 Å². The monoisotopic (exact) mass is 229 g/mol. The van der Waals surface area contributed by atoms with Crippen molar-refractivity contribution in [1.29, 1.82) is 0 Å². The van der Waals surface area contributed by atoms with Crippen molar-refractivity contribution in [3.05, 3.63) is 0 Å². The Hall–Kier alpha value is -0.650. The van der Waals surface area contributed by atoms with Gasteiger partial charge in [-0.05, 0) is 32.9 Å². The van der Waals surface area contributed by atoms with E-state index in [0.717, 1.165) is 19.6 Å². The number of nitrogens with two attached hydrogens (primary N) is 1. The highest BCUT2D eigenvalue weighted by Gasteiger charge is 2.18. The number of carbonyl (C=O) groups is 1. The van der Waals surface area contributed by atoms with Crippen LogP contribution in [0.5, 0.6) is 0 Å². The highest BCUT2D eigenvalue weighted by atomic mass is 16.5. The van der Waals surface area contributed by atoms with Gasteiger partial charge in [0.15, 0.2) is 0 Å². The molecule has 0 spiro atoms. The molecule has 5 heteroatoms. The van der Waals surface area contributed by atoms with Crippen molar-refractivity contribution < 1.29 is 9.53 Å². The van der Waals surface area contributed by atoms with Crippen LogP contribution in [0.1, 0.15) is 19.8 Å². The van der Waals surface area contributed by atoms with Crippen LogP contribution in [0.15, 0.2) is 0 Å². The lowest BCUT2D eigenvalue weighted by atomic mass is 10.2. The molecule has 0 bridgehead atoms. The summed E-state index contributed by atoms with van der Waals surface area (Å²) in [7, 11) is 1.54. The average molecular weight is 229 g/mol. The van der Waals surface area contributed by atoms with Gasteiger partial charge < -0.3 is 20.7 Å². The number of nitrogens with zero attached hydrogens (tertiary/aromatic N) is 1. The Morgan fingerprint density at radius 1 is 1.50 bits per heavy atom. The molecule has 0 aliphatic carbocycles. The zero-order valence-corrected chi connectivity index (χ0v) is 10.2. The van der Waals surface area contributed by atoms with Crippen molar-refractivity contribution in [2.75, 3.05) is 33.4 Å². The maximum atomic E-state index is 11.6. The van der Waals surface area contributed by atoms with Crippen LogP contribution >= 0.6 is 0 Å². The maximum Gasteiger partial charge on any atom is 0.239 e. The largest absolute Gasteiger partial charge is 0.383 e. The number of amides is 1. The van der Waals surface area contributed by atoms with E-state index >= 15 is 0 Å². The summed E-state index contributed by atoms with van der Waals surface area (Å²) in [5.74, 6) is -0.131. The van der Waals surface area contributed by atoms with Crippen LogP contribution in [0.2, 0.25) is 0 Å². The molecule has 1 fully saturated rings. The molecule has 1 amide bonds. The fourth-order valence-corrected chi connectivity index (χ4v) is 2.00. The normalized spacial score (nSPS) is 20.7. The van der Waals surface area contributed by atoms with Crippen LogP contribution in [-0.4, -0.2) is 56.2 Å². The van der Waals surface area contributed by atoms with Crippen molar-refractivity contribution in [3.63, 3.8) is 0 Å². The van der Waals surface area contributed by atoms with E-state index in [9.17, 15) is 4.79 Å². The van der Waals surface area contributed by atoms with Crippen molar-refractivity contribution >= 4 is 5.91 Å². The summed E-state index contributed by atoms with van der Waals surface area (Å²) < 4.78 is 4.84. The van der Waals surface area contributed by atoms with Gasteiger partial charge in [0.05, 0.1) is 6.61 Å². The molecule has 1 saturated heterocycles. The summed E-state index contributed by atoms with van der Waals surface area (Å²) >= 11 is 0. The van der Waals surface area contributed by atoms with Gasteiger partial charge in [-0.3, -0.25) is 4.79 Å². The lowest BCUT2D eigenvalue weighted by Crippen LogP contribution is -2.49. The Balaban J connectivity index is 2.21. The number of nitrogens with one attached hydrogen (secondary N) is 1. The van der Waals surface area contributed by atoms with E-state index in [2.05, 4.69) is 10.2 Å². The summed E-state index contributed by atoms with van der Waals surface area (Å²) in [5.41, 5.74) is 5.63. The quantitative estimate of drug-likeness (QED) is 0.648. The second kappa shape index (κ2) is 6.83. The Labute approximate surface area is 97.3 Å².